The van der Waals surface area contributed by atoms with Crippen LogP contribution in [0.5, 0.6) is 0 Å². The SMILES string of the molecule is CC1(C)c2cc(-c3cc4ccc5cccc6c5c4c(c3)n6-c3ccccc3)ccc2-c2ccc(N(c3ccc(-c4ccccc4)cc3)c3ccc(-c4ccccc4)cc3)cc21. The zero-order chi connectivity index (χ0) is 40.7. The van der Waals surface area contributed by atoms with Crippen LogP contribution in [0.1, 0.15) is 25.0 Å². The molecule has 2 nitrogen and oxygen atoms in total. The quantitative estimate of drug-likeness (QED) is 0.146. The summed E-state index contributed by atoms with van der Waals surface area (Å²) in [6, 6.07) is 80.3. The van der Waals surface area contributed by atoms with Crippen molar-refractivity contribution in [3.63, 3.8) is 0 Å². The number of fused-ring (bicyclic) bond motifs is 3. The summed E-state index contributed by atoms with van der Waals surface area (Å²) in [4.78, 5) is 2.40. The molecular formula is C59H42N2. The van der Waals surface area contributed by atoms with Crippen LogP contribution in [0.4, 0.5) is 17.1 Å². The average Bonchev–Trinajstić information content (AvgIpc) is 3.78. The van der Waals surface area contributed by atoms with E-state index in [0.717, 1.165) is 17.1 Å². The average molecular weight is 779 g/mol. The third-order valence-corrected chi connectivity index (χ3v) is 13.1. The molecule has 1 aliphatic rings. The van der Waals surface area contributed by atoms with E-state index in [4.69, 9.17) is 0 Å². The third-order valence-electron chi connectivity index (χ3n) is 13.1. The van der Waals surface area contributed by atoms with E-state index in [1.54, 1.807) is 0 Å². The highest BCUT2D eigenvalue weighted by Crippen LogP contribution is 2.52. The van der Waals surface area contributed by atoms with Crippen LogP contribution in [0.25, 0.3) is 82.8 Å². The number of para-hydroxylation sites is 1. The lowest BCUT2D eigenvalue weighted by molar-refractivity contribution is 0.660. The van der Waals surface area contributed by atoms with Gasteiger partial charge in [-0.2, -0.15) is 0 Å². The fourth-order valence-corrected chi connectivity index (χ4v) is 10.1. The van der Waals surface area contributed by atoms with Gasteiger partial charge in [0.05, 0.1) is 11.0 Å². The van der Waals surface area contributed by atoms with Gasteiger partial charge in [-0.05, 0) is 139 Å². The second-order valence-electron chi connectivity index (χ2n) is 17.0. The van der Waals surface area contributed by atoms with Gasteiger partial charge in [-0.3, -0.25) is 0 Å². The van der Waals surface area contributed by atoms with E-state index in [1.807, 2.05) is 0 Å². The maximum atomic E-state index is 2.46. The molecule has 61 heavy (non-hydrogen) atoms. The molecule has 1 aliphatic carbocycles. The van der Waals surface area contributed by atoms with E-state index in [9.17, 15) is 0 Å². The van der Waals surface area contributed by atoms with Crippen molar-refractivity contribution >= 4 is 49.6 Å². The number of hydrogen-bond acceptors (Lipinski definition) is 1. The first kappa shape index (κ1) is 35.3. The minimum absolute atomic E-state index is 0.219. The molecule has 0 atom stereocenters. The van der Waals surface area contributed by atoms with Crippen molar-refractivity contribution < 1.29 is 0 Å². The number of rotatable bonds is 7. The van der Waals surface area contributed by atoms with Gasteiger partial charge in [0.15, 0.2) is 0 Å². The summed E-state index contributed by atoms with van der Waals surface area (Å²) in [5, 5.41) is 5.21. The van der Waals surface area contributed by atoms with Gasteiger partial charge in [0, 0.05) is 38.9 Å². The Kier molecular flexibility index (Phi) is 7.92. The minimum Gasteiger partial charge on any atom is -0.310 e. The van der Waals surface area contributed by atoms with Crippen molar-refractivity contribution in [1.29, 1.82) is 0 Å². The Hall–Kier alpha value is -7.68. The molecule has 0 spiro atoms. The fourth-order valence-electron chi connectivity index (χ4n) is 10.1. The smallest absolute Gasteiger partial charge is 0.0553 e. The predicted molar refractivity (Wildman–Crippen MR) is 258 cm³/mol. The van der Waals surface area contributed by atoms with Gasteiger partial charge in [-0.25, -0.2) is 0 Å². The van der Waals surface area contributed by atoms with E-state index in [0.29, 0.717) is 0 Å². The molecule has 1 heterocycles. The lowest BCUT2D eigenvalue weighted by Crippen LogP contribution is -2.16. The van der Waals surface area contributed by atoms with Crippen LogP contribution >= 0.6 is 0 Å². The summed E-state index contributed by atoms with van der Waals surface area (Å²) < 4.78 is 2.44. The maximum Gasteiger partial charge on any atom is 0.0553 e. The molecule has 0 aliphatic heterocycles. The summed E-state index contributed by atoms with van der Waals surface area (Å²) in [5.74, 6) is 0. The molecule has 288 valence electrons. The van der Waals surface area contributed by atoms with Gasteiger partial charge >= 0.3 is 0 Å². The summed E-state index contributed by atoms with van der Waals surface area (Å²) in [7, 11) is 0. The monoisotopic (exact) mass is 778 g/mol. The lowest BCUT2D eigenvalue weighted by Gasteiger charge is -2.28. The van der Waals surface area contributed by atoms with Crippen LogP contribution in [-0.4, -0.2) is 4.57 Å². The number of hydrogen-bond donors (Lipinski definition) is 0. The highest BCUT2D eigenvalue weighted by molar-refractivity contribution is 6.25. The molecule has 11 aromatic rings. The Morgan fingerprint density at radius 3 is 1.49 bits per heavy atom. The normalized spacial score (nSPS) is 12.9. The Morgan fingerprint density at radius 1 is 0.344 bits per heavy atom. The van der Waals surface area contributed by atoms with E-state index >= 15 is 0 Å². The fraction of sp³-hybridized carbons (Fsp3) is 0.0508. The Labute approximate surface area is 356 Å². The molecule has 0 bridgehead atoms. The Morgan fingerprint density at radius 2 is 0.852 bits per heavy atom. The largest absolute Gasteiger partial charge is 0.310 e. The van der Waals surface area contributed by atoms with Crippen molar-refractivity contribution in [2.75, 3.05) is 4.90 Å². The third kappa shape index (κ3) is 5.64. The van der Waals surface area contributed by atoms with Crippen LogP contribution < -0.4 is 4.90 Å². The Balaban J connectivity index is 0.958. The zero-order valence-electron chi connectivity index (χ0n) is 34.2. The molecule has 0 N–H and O–H groups in total. The van der Waals surface area contributed by atoms with E-state index < -0.39 is 0 Å². The summed E-state index contributed by atoms with van der Waals surface area (Å²) in [6.45, 7) is 4.78. The number of aromatic nitrogens is 1. The summed E-state index contributed by atoms with van der Waals surface area (Å²) in [6.07, 6.45) is 0. The number of anilines is 3. The predicted octanol–water partition coefficient (Wildman–Crippen LogP) is 16.2. The van der Waals surface area contributed by atoms with Crippen LogP contribution in [0.2, 0.25) is 0 Å². The molecule has 10 aromatic carbocycles. The van der Waals surface area contributed by atoms with Crippen LogP contribution in [0.15, 0.2) is 218 Å². The van der Waals surface area contributed by atoms with Gasteiger partial charge in [-0.1, -0.05) is 159 Å². The first-order valence-corrected chi connectivity index (χ1v) is 21.3. The molecule has 1 aromatic heterocycles. The Bertz CT molecular complexity index is 3310. The highest BCUT2D eigenvalue weighted by Gasteiger charge is 2.36. The molecule has 0 saturated carbocycles. The van der Waals surface area contributed by atoms with Crippen molar-refractivity contribution in [3.8, 4) is 50.2 Å². The van der Waals surface area contributed by atoms with E-state index in [-0.39, 0.29) is 5.41 Å². The highest BCUT2D eigenvalue weighted by atomic mass is 15.1. The molecule has 0 unspecified atom stereocenters. The number of nitrogens with zero attached hydrogens (tertiary/aromatic N) is 2. The first-order valence-electron chi connectivity index (χ1n) is 21.3. The zero-order valence-corrected chi connectivity index (χ0v) is 34.2. The standard InChI is InChI=1S/C59H42N2/c1-59(2)53-36-44(46-35-45-22-21-43-17-12-20-55-57(43)58(45)56(37-46)61(55)47-18-10-5-11-19-47)27-33-51(53)52-34-32-50(38-54(52)59)60(48-28-23-41(24-29-48)39-13-6-3-7-14-39)49-30-25-42(26-31-49)40-15-8-4-9-16-40/h3-38H,1-2H3. The summed E-state index contributed by atoms with van der Waals surface area (Å²) >= 11 is 0. The van der Waals surface area contributed by atoms with Crippen LogP contribution in [0.3, 0.4) is 0 Å². The van der Waals surface area contributed by atoms with E-state index in [1.165, 1.54) is 93.9 Å². The van der Waals surface area contributed by atoms with Crippen molar-refractivity contribution in [2.45, 2.75) is 19.3 Å². The molecule has 0 saturated heterocycles. The van der Waals surface area contributed by atoms with Gasteiger partial charge in [0.1, 0.15) is 0 Å². The van der Waals surface area contributed by atoms with E-state index in [2.05, 4.69) is 242 Å². The molecule has 0 amide bonds. The molecule has 2 heteroatoms. The second-order valence-corrected chi connectivity index (χ2v) is 17.0. The molecule has 12 rings (SSSR count). The topological polar surface area (TPSA) is 8.17 Å². The van der Waals surface area contributed by atoms with Crippen LogP contribution in [0, 0.1) is 0 Å². The van der Waals surface area contributed by atoms with Crippen molar-refractivity contribution in [3.05, 3.63) is 230 Å². The van der Waals surface area contributed by atoms with Crippen molar-refractivity contribution in [2.24, 2.45) is 0 Å². The van der Waals surface area contributed by atoms with Crippen LogP contribution in [-0.2, 0) is 5.41 Å². The van der Waals surface area contributed by atoms with Gasteiger partial charge < -0.3 is 9.47 Å². The van der Waals surface area contributed by atoms with Gasteiger partial charge in [-0.15, -0.1) is 0 Å². The minimum atomic E-state index is -0.219. The first-order chi connectivity index (χ1) is 30.0. The maximum absolute atomic E-state index is 2.46. The number of benzene rings is 10. The molecule has 0 radical (unpaired) electrons. The van der Waals surface area contributed by atoms with Gasteiger partial charge in [0.2, 0.25) is 0 Å². The molecule has 0 fully saturated rings. The van der Waals surface area contributed by atoms with Gasteiger partial charge in [0.25, 0.3) is 0 Å². The molecular weight excluding hydrogens is 737 g/mol. The second kappa shape index (κ2) is 13.7. The summed E-state index contributed by atoms with van der Waals surface area (Å²) in [5.41, 5.74) is 19.5. The van der Waals surface area contributed by atoms with Crippen molar-refractivity contribution in [1.82, 2.24) is 4.57 Å². The lowest BCUT2D eigenvalue weighted by atomic mass is 9.81.